The van der Waals surface area contributed by atoms with E-state index in [1.165, 1.54) is 0 Å². The topological polar surface area (TPSA) is 63.3 Å². The average Bonchev–Trinajstić information content (AvgIpc) is 2.90. The number of hydrogen-bond donors (Lipinski definition) is 1. The first-order chi connectivity index (χ1) is 10.1. The van der Waals surface area contributed by atoms with Gasteiger partial charge in [-0.15, -0.1) is 0 Å². The minimum Gasteiger partial charge on any atom is -0.481 e. The number of aromatic nitrogens is 1. The summed E-state index contributed by atoms with van der Waals surface area (Å²) in [6, 6.07) is 9.85. The summed E-state index contributed by atoms with van der Waals surface area (Å²) in [5.41, 5.74) is 0.988. The summed E-state index contributed by atoms with van der Waals surface area (Å²) in [5, 5.41) is 9.05. The molecule has 1 aliphatic carbocycles. The average molecular weight is 350 g/mol. The molecule has 2 aromatic rings. The smallest absolute Gasteiger partial charge is 0.306 e. The fraction of sp³-hybridized carbons (Fsp3) is 0.375. The standard InChI is InChI=1S/C16H16BrNO3/c17-14-13(10-4-2-1-3-5-10)21-15(18-14)11-6-8-12(9-7-11)16(19)20/h1-5,11-12H,6-9H2,(H,19,20)/t11-,12-. The number of rotatable bonds is 3. The van der Waals surface area contributed by atoms with Crippen molar-refractivity contribution in [2.24, 2.45) is 5.92 Å². The van der Waals surface area contributed by atoms with E-state index in [2.05, 4.69) is 20.9 Å². The predicted molar refractivity (Wildman–Crippen MR) is 82.0 cm³/mol. The monoisotopic (exact) mass is 349 g/mol. The van der Waals surface area contributed by atoms with Crippen molar-refractivity contribution in [3.8, 4) is 11.3 Å². The van der Waals surface area contributed by atoms with Crippen molar-refractivity contribution >= 4 is 21.9 Å². The van der Waals surface area contributed by atoms with Gasteiger partial charge in [-0.3, -0.25) is 4.79 Å². The van der Waals surface area contributed by atoms with Gasteiger partial charge in [-0.1, -0.05) is 30.3 Å². The van der Waals surface area contributed by atoms with Crippen LogP contribution in [0.25, 0.3) is 11.3 Å². The van der Waals surface area contributed by atoms with Gasteiger partial charge < -0.3 is 9.52 Å². The van der Waals surface area contributed by atoms with Crippen LogP contribution in [0.3, 0.4) is 0 Å². The maximum absolute atomic E-state index is 11.0. The molecule has 0 bridgehead atoms. The second-order valence-corrected chi connectivity index (χ2v) is 6.18. The molecule has 110 valence electrons. The summed E-state index contributed by atoms with van der Waals surface area (Å²) in [6.07, 6.45) is 3.03. The van der Waals surface area contributed by atoms with Gasteiger partial charge >= 0.3 is 5.97 Å². The molecule has 21 heavy (non-hydrogen) atoms. The molecule has 0 spiro atoms. The van der Waals surface area contributed by atoms with E-state index in [9.17, 15) is 4.79 Å². The molecular formula is C16H16BrNO3. The van der Waals surface area contributed by atoms with Crippen molar-refractivity contribution in [3.05, 3.63) is 40.8 Å². The normalized spacial score (nSPS) is 22.1. The van der Waals surface area contributed by atoms with Gasteiger partial charge in [0.15, 0.2) is 16.3 Å². The molecule has 0 saturated heterocycles. The van der Waals surface area contributed by atoms with Crippen LogP contribution in [0.15, 0.2) is 39.4 Å². The van der Waals surface area contributed by atoms with E-state index in [4.69, 9.17) is 9.52 Å². The minimum absolute atomic E-state index is 0.215. The molecular weight excluding hydrogens is 334 g/mol. The zero-order valence-corrected chi connectivity index (χ0v) is 13.0. The fourth-order valence-corrected chi connectivity index (χ4v) is 3.33. The number of carbonyl (C=O) groups is 1. The Morgan fingerprint density at radius 1 is 1.19 bits per heavy atom. The molecule has 1 aliphatic rings. The number of hydrogen-bond acceptors (Lipinski definition) is 3. The van der Waals surface area contributed by atoms with Crippen LogP contribution in [0.2, 0.25) is 0 Å². The van der Waals surface area contributed by atoms with Crippen molar-refractivity contribution in [1.82, 2.24) is 4.98 Å². The van der Waals surface area contributed by atoms with Crippen LogP contribution in [-0.2, 0) is 4.79 Å². The summed E-state index contributed by atoms with van der Waals surface area (Å²) in [5.74, 6) is 0.769. The Bertz CT molecular complexity index is 630. The van der Waals surface area contributed by atoms with Crippen molar-refractivity contribution in [1.29, 1.82) is 0 Å². The van der Waals surface area contributed by atoms with E-state index >= 15 is 0 Å². The highest BCUT2D eigenvalue weighted by Gasteiger charge is 2.30. The zero-order chi connectivity index (χ0) is 14.8. The largest absolute Gasteiger partial charge is 0.481 e. The van der Waals surface area contributed by atoms with Gasteiger partial charge in [0.25, 0.3) is 0 Å². The molecule has 0 radical (unpaired) electrons. The van der Waals surface area contributed by atoms with E-state index in [1.807, 2.05) is 30.3 Å². The van der Waals surface area contributed by atoms with Crippen molar-refractivity contribution < 1.29 is 14.3 Å². The van der Waals surface area contributed by atoms with Crippen molar-refractivity contribution in [2.45, 2.75) is 31.6 Å². The molecule has 1 N–H and O–H groups in total. The van der Waals surface area contributed by atoms with Crippen LogP contribution >= 0.6 is 15.9 Å². The molecule has 0 atom stereocenters. The number of carboxylic acids is 1. The quantitative estimate of drug-likeness (QED) is 0.888. The number of aliphatic carboxylic acids is 1. The molecule has 1 fully saturated rings. The second-order valence-electron chi connectivity index (χ2n) is 5.42. The maximum atomic E-state index is 11.0. The molecule has 1 aromatic carbocycles. The Labute approximate surface area is 131 Å². The van der Waals surface area contributed by atoms with Gasteiger partial charge in [0.2, 0.25) is 0 Å². The van der Waals surface area contributed by atoms with Crippen LogP contribution in [0.1, 0.15) is 37.5 Å². The van der Waals surface area contributed by atoms with Crippen molar-refractivity contribution in [3.63, 3.8) is 0 Å². The highest BCUT2D eigenvalue weighted by atomic mass is 79.9. The van der Waals surface area contributed by atoms with Gasteiger partial charge in [0, 0.05) is 11.5 Å². The van der Waals surface area contributed by atoms with Crippen LogP contribution in [0.4, 0.5) is 0 Å². The van der Waals surface area contributed by atoms with Crippen LogP contribution in [0.5, 0.6) is 0 Å². The highest BCUT2D eigenvalue weighted by Crippen LogP contribution is 2.39. The van der Waals surface area contributed by atoms with Crippen LogP contribution < -0.4 is 0 Å². The Morgan fingerprint density at radius 2 is 1.86 bits per heavy atom. The first-order valence-corrected chi connectivity index (χ1v) is 7.89. The summed E-state index contributed by atoms with van der Waals surface area (Å²) >= 11 is 3.46. The lowest BCUT2D eigenvalue weighted by molar-refractivity contribution is -0.142. The molecule has 5 heteroatoms. The molecule has 1 heterocycles. The third-order valence-corrected chi connectivity index (χ3v) is 4.60. The third-order valence-electron chi connectivity index (χ3n) is 4.06. The Kier molecular flexibility index (Phi) is 4.10. The molecule has 4 nitrogen and oxygen atoms in total. The first kappa shape index (κ1) is 14.3. The van der Waals surface area contributed by atoms with Gasteiger partial charge in [-0.05, 0) is 41.6 Å². The maximum Gasteiger partial charge on any atom is 0.306 e. The van der Waals surface area contributed by atoms with Crippen LogP contribution in [-0.4, -0.2) is 16.1 Å². The van der Waals surface area contributed by atoms with Crippen LogP contribution in [0, 0.1) is 5.92 Å². The number of carboxylic acid groups (broad SMARTS) is 1. The fourth-order valence-electron chi connectivity index (χ4n) is 2.85. The third kappa shape index (κ3) is 3.02. The lowest BCUT2D eigenvalue weighted by Gasteiger charge is -2.23. The molecule has 0 aliphatic heterocycles. The van der Waals surface area contributed by atoms with Crippen molar-refractivity contribution in [2.75, 3.05) is 0 Å². The number of nitrogens with zero attached hydrogens (tertiary/aromatic N) is 1. The van der Waals surface area contributed by atoms with Gasteiger partial charge in [0.1, 0.15) is 0 Å². The Balaban J connectivity index is 1.78. The van der Waals surface area contributed by atoms with E-state index in [1.54, 1.807) is 0 Å². The zero-order valence-electron chi connectivity index (χ0n) is 11.5. The number of halogens is 1. The summed E-state index contributed by atoms with van der Waals surface area (Å²) in [6.45, 7) is 0. The summed E-state index contributed by atoms with van der Waals surface area (Å²) < 4.78 is 6.64. The lowest BCUT2D eigenvalue weighted by atomic mass is 9.82. The van der Waals surface area contributed by atoms with E-state index in [0.717, 1.165) is 24.2 Å². The van der Waals surface area contributed by atoms with E-state index in [0.29, 0.717) is 23.3 Å². The molecule has 0 amide bonds. The first-order valence-electron chi connectivity index (χ1n) is 7.09. The molecule has 0 unspecified atom stereocenters. The molecule has 1 aromatic heterocycles. The Hall–Kier alpha value is -1.62. The predicted octanol–water partition coefficient (Wildman–Crippen LogP) is 4.46. The van der Waals surface area contributed by atoms with Gasteiger partial charge in [-0.25, -0.2) is 4.98 Å². The summed E-state index contributed by atoms with van der Waals surface area (Å²) in [7, 11) is 0. The number of oxazole rings is 1. The van der Waals surface area contributed by atoms with Gasteiger partial charge in [0.05, 0.1) is 5.92 Å². The Morgan fingerprint density at radius 3 is 2.48 bits per heavy atom. The van der Waals surface area contributed by atoms with E-state index in [-0.39, 0.29) is 11.8 Å². The highest BCUT2D eigenvalue weighted by molar-refractivity contribution is 9.10. The van der Waals surface area contributed by atoms with Gasteiger partial charge in [-0.2, -0.15) is 0 Å². The summed E-state index contributed by atoms with van der Waals surface area (Å²) in [4.78, 5) is 15.5. The SMILES string of the molecule is O=C(O)[C@H]1CC[C@H](c2nc(Br)c(-c3ccccc3)o2)CC1. The number of benzene rings is 1. The minimum atomic E-state index is -0.688. The molecule has 3 rings (SSSR count). The lowest BCUT2D eigenvalue weighted by Crippen LogP contribution is -2.20. The van der Waals surface area contributed by atoms with E-state index < -0.39 is 5.97 Å². The second kappa shape index (κ2) is 6.02. The molecule has 1 saturated carbocycles.